The van der Waals surface area contributed by atoms with Gasteiger partial charge in [0.2, 0.25) is 11.8 Å². The summed E-state index contributed by atoms with van der Waals surface area (Å²) >= 11 is 0. The maximum Gasteiger partial charge on any atom is 0.573 e. The summed E-state index contributed by atoms with van der Waals surface area (Å²) in [6.07, 6.45) is -1.66. The second kappa shape index (κ2) is 6.48. The van der Waals surface area contributed by atoms with Crippen molar-refractivity contribution in [2.45, 2.75) is 58.0 Å². The van der Waals surface area contributed by atoms with Crippen LogP contribution in [0.3, 0.4) is 0 Å². The summed E-state index contributed by atoms with van der Waals surface area (Å²) in [6.45, 7) is 3.69. The minimum absolute atomic E-state index is 0.000643. The average molecular weight is 370 g/mol. The molecule has 1 aliphatic carbocycles. The number of anilines is 1. The van der Waals surface area contributed by atoms with Gasteiger partial charge in [-0.1, -0.05) is 18.9 Å². The lowest BCUT2D eigenvalue weighted by Gasteiger charge is -2.55. The molecule has 1 saturated carbocycles. The molecule has 0 aromatic heterocycles. The third kappa shape index (κ3) is 3.24. The van der Waals surface area contributed by atoms with Crippen LogP contribution in [-0.2, 0) is 9.59 Å². The van der Waals surface area contributed by atoms with Gasteiger partial charge < -0.3 is 15.0 Å². The molecule has 1 N–H and O–H groups in total. The molecule has 0 bridgehead atoms. The van der Waals surface area contributed by atoms with Crippen molar-refractivity contribution >= 4 is 17.5 Å². The van der Waals surface area contributed by atoms with E-state index in [9.17, 15) is 22.8 Å². The van der Waals surface area contributed by atoms with E-state index in [2.05, 4.69) is 10.1 Å². The van der Waals surface area contributed by atoms with Crippen LogP contribution in [-0.4, -0.2) is 35.2 Å². The first-order valence-electron chi connectivity index (χ1n) is 8.63. The third-order valence-electron chi connectivity index (χ3n) is 5.10. The fraction of sp³-hybridized carbons (Fsp3) is 0.556. The molecule has 26 heavy (non-hydrogen) atoms. The van der Waals surface area contributed by atoms with Crippen LogP contribution in [0.1, 0.15) is 39.5 Å². The van der Waals surface area contributed by atoms with E-state index >= 15 is 0 Å². The molecule has 2 aliphatic rings. The van der Waals surface area contributed by atoms with E-state index in [1.54, 1.807) is 4.90 Å². The largest absolute Gasteiger partial charge is 0.573 e. The van der Waals surface area contributed by atoms with Gasteiger partial charge in [-0.2, -0.15) is 0 Å². The van der Waals surface area contributed by atoms with Crippen LogP contribution in [0, 0.1) is 5.41 Å². The number of carbonyl (C=O) groups excluding carboxylic acids is 2. The molecule has 8 heteroatoms. The van der Waals surface area contributed by atoms with Crippen molar-refractivity contribution in [3.63, 3.8) is 0 Å². The highest BCUT2D eigenvalue weighted by molar-refractivity contribution is 6.07. The number of hydrogen-bond acceptors (Lipinski definition) is 3. The Morgan fingerprint density at radius 3 is 2.54 bits per heavy atom. The normalized spacial score (nSPS) is 21.8. The number of nitrogens with one attached hydrogen (secondary N) is 1. The molecule has 5 nitrogen and oxygen atoms in total. The quantitative estimate of drug-likeness (QED) is 0.822. The highest BCUT2D eigenvalue weighted by Crippen LogP contribution is 2.52. The first kappa shape index (κ1) is 18.5. The van der Waals surface area contributed by atoms with Crippen LogP contribution in [0.5, 0.6) is 5.75 Å². The standard InChI is InChI=1S/C18H21F3N2O3/c1-11(2)23-14(17(16(23)25)8-3-4-9-17)15(24)22-12-6-5-7-13(10-12)26-18(19,20)21/h5-7,10-11,14H,3-4,8-9H2,1-2H3,(H,22,24). The second-order valence-corrected chi connectivity index (χ2v) is 7.14. The van der Waals surface area contributed by atoms with Crippen LogP contribution in [0.4, 0.5) is 18.9 Å². The third-order valence-corrected chi connectivity index (χ3v) is 5.10. The summed E-state index contributed by atoms with van der Waals surface area (Å²) in [4.78, 5) is 27.0. The van der Waals surface area contributed by atoms with Crippen molar-refractivity contribution < 1.29 is 27.5 Å². The molecule has 1 atom stereocenters. The number of halogens is 3. The van der Waals surface area contributed by atoms with Gasteiger partial charge in [0, 0.05) is 17.8 Å². The van der Waals surface area contributed by atoms with Crippen molar-refractivity contribution in [2.24, 2.45) is 5.41 Å². The van der Waals surface area contributed by atoms with Crippen molar-refractivity contribution in [1.82, 2.24) is 4.90 Å². The van der Waals surface area contributed by atoms with E-state index in [1.165, 1.54) is 12.1 Å². The first-order chi connectivity index (χ1) is 12.1. The zero-order valence-electron chi connectivity index (χ0n) is 14.6. The lowest BCUT2D eigenvalue weighted by atomic mass is 9.68. The highest BCUT2D eigenvalue weighted by Gasteiger charge is 2.64. The number of nitrogens with zero attached hydrogens (tertiary/aromatic N) is 1. The Bertz CT molecular complexity index is 712. The summed E-state index contributed by atoms with van der Waals surface area (Å²) < 4.78 is 41.0. The predicted molar refractivity (Wildman–Crippen MR) is 88.4 cm³/mol. The van der Waals surface area contributed by atoms with Crippen molar-refractivity contribution in [3.8, 4) is 5.75 Å². The Kier molecular flexibility index (Phi) is 4.62. The molecule has 1 aliphatic heterocycles. The summed E-state index contributed by atoms with van der Waals surface area (Å²) in [5.41, 5.74) is -0.456. The van der Waals surface area contributed by atoms with E-state index in [0.717, 1.165) is 25.0 Å². The van der Waals surface area contributed by atoms with Gasteiger partial charge in [0.25, 0.3) is 0 Å². The average Bonchev–Trinajstić information content (AvgIpc) is 3.02. The number of β-lactam (4-membered cyclic amide) rings is 1. The minimum Gasteiger partial charge on any atom is -0.406 e. The Hall–Kier alpha value is -2.25. The molecule has 1 aromatic rings. The Balaban J connectivity index is 1.78. The van der Waals surface area contributed by atoms with E-state index in [-0.39, 0.29) is 23.5 Å². The lowest BCUT2D eigenvalue weighted by molar-refractivity contribution is -0.274. The van der Waals surface area contributed by atoms with Crippen LogP contribution in [0.2, 0.25) is 0 Å². The Morgan fingerprint density at radius 1 is 1.31 bits per heavy atom. The van der Waals surface area contributed by atoms with Gasteiger partial charge in [0.05, 0.1) is 5.41 Å². The molecule has 3 rings (SSSR count). The maximum atomic E-state index is 12.8. The first-order valence-corrected chi connectivity index (χ1v) is 8.63. The van der Waals surface area contributed by atoms with Gasteiger partial charge in [0.15, 0.2) is 0 Å². The number of rotatable bonds is 4. The zero-order chi connectivity index (χ0) is 19.1. The van der Waals surface area contributed by atoms with Gasteiger partial charge in [0.1, 0.15) is 11.8 Å². The van der Waals surface area contributed by atoms with Crippen LogP contribution in [0.15, 0.2) is 24.3 Å². The van der Waals surface area contributed by atoms with E-state index in [1.807, 2.05) is 13.8 Å². The number of amides is 2. The van der Waals surface area contributed by atoms with Crippen LogP contribution in [0.25, 0.3) is 0 Å². The highest BCUT2D eigenvalue weighted by atomic mass is 19.4. The monoisotopic (exact) mass is 370 g/mol. The fourth-order valence-electron chi connectivity index (χ4n) is 4.08. The van der Waals surface area contributed by atoms with Crippen molar-refractivity contribution in [3.05, 3.63) is 24.3 Å². The van der Waals surface area contributed by atoms with Gasteiger partial charge in [-0.25, -0.2) is 0 Å². The molecule has 142 valence electrons. The van der Waals surface area contributed by atoms with Gasteiger partial charge in [-0.3, -0.25) is 9.59 Å². The summed E-state index contributed by atoms with van der Waals surface area (Å²) in [7, 11) is 0. The van der Waals surface area contributed by atoms with Gasteiger partial charge in [-0.05, 0) is 38.8 Å². The molecular weight excluding hydrogens is 349 g/mol. The molecule has 1 heterocycles. The summed E-state index contributed by atoms with van der Waals surface area (Å²) in [5, 5.41) is 2.65. The van der Waals surface area contributed by atoms with E-state index in [4.69, 9.17) is 0 Å². The Morgan fingerprint density at radius 2 is 1.96 bits per heavy atom. The number of hydrogen-bond donors (Lipinski definition) is 1. The summed E-state index contributed by atoms with van der Waals surface area (Å²) in [6, 6.07) is 4.42. The molecule has 1 aromatic carbocycles. The maximum absolute atomic E-state index is 12.8. The number of benzene rings is 1. The molecular formula is C18H21F3N2O3. The molecule has 1 saturated heterocycles. The molecule has 2 amide bonds. The number of ether oxygens (including phenoxy) is 1. The van der Waals surface area contributed by atoms with Gasteiger partial charge in [-0.15, -0.1) is 13.2 Å². The molecule has 0 radical (unpaired) electrons. The minimum atomic E-state index is -4.80. The van der Waals surface area contributed by atoms with Crippen molar-refractivity contribution in [2.75, 3.05) is 5.32 Å². The SMILES string of the molecule is CC(C)N1C(=O)C2(CCCC2)C1C(=O)Nc1cccc(OC(F)(F)F)c1. The number of alkyl halides is 3. The Labute approximate surface area is 149 Å². The van der Waals surface area contributed by atoms with E-state index < -0.39 is 23.6 Å². The molecule has 2 fully saturated rings. The smallest absolute Gasteiger partial charge is 0.406 e. The lowest BCUT2D eigenvalue weighted by Crippen LogP contribution is -2.73. The summed E-state index contributed by atoms with van der Waals surface area (Å²) in [5.74, 6) is -0.778. The molecule has 1 unspecified atom stereocenters. The van der Waals surface area contributed by atoms with E-state index in [0.29, 0.717) is 12.8 Å². The number of likely N-dealkylation sites (tertiary alicyclic amines) is 1. The van der Waals surface area contributed by atoms with Crippen LogP contribution >= 0.6 is 0 Å². The predicted octanol–water partition coefficient (Wildman–Crippen LogP) is 3.70. The zero-order valence-corrected chi connectivity index (χ0v) is 14.6. The van der Waals surface area contributed by atoms with Crippen molar-refractivity contribution in [1.29, 1.82) is 0 Å². The molecule has 1 spiro atoms. The van der Waals surface area contributed by atoms with Crippen LogP contribution < -0.4 is 10.1 Å². The number of carbonyl (C=O) groups is 2. The van der Waals surface area contributed by atoms with Gasteiger partial charge >= 0.3 is 6.36 Å². The topological polar surface area (TPSA) is 58.6 Å². The second-order valence-electron chi connectivity index (χ2n) is 7.14. The fourth-order valence-corrected chi connectivity index (χ4v) is 4.08.